The molecule has 0 saturated heterocycles. The van der Waals surface area contributed by atoms with Crippen LogP contribution in [0.3, 0.4) is 0 Å². The number of hydrogen-bond acceptors (Lipinski definition) is 8. The van der Waals surface area contributed by atoms with Crippen LogP contribution in [0.4, 0.5) is 22.9 Å². The minimum absolute atomic E-state index is 0.322. The molecule has 0 amide bonds. The molecule has 1 aromatic heterocycles. The Hall–Kier alpha value is -5.70. The van der Waals surface area contributed by atoms with Crippen molar-refractivity contribution in [1.82, 2.24) is 9.78 Å². The van der Waals surface area contributed by atoms with Gasteiger partial charge in [0.05, 0.1) is 53.8 Å². The Balaban J connectivity index is 1.46. The molecule has 0 aliphatic carbocycles. The van der Waals surface area contributed by atoms with Crippen LogP contribution in [-0.2, 0) is 4.74 Å². The minimum Gasteiger partial charge on any atom is -0.492 e. The normalized spacial score (nSPS) is 14.9. The van der Waals surface area contributed by atoms with E-state index in [1.165, 1.54) is 7.11 Å². The van der Waals surface area contributed by atoms with E-state index in [1.54, 1.807) is 12.1 Å². The van der Waals surface area contributed by atoms with E-state index in [9.17, 15) is 4.79 Å². The van der Waals surface area contributed by atoms with Gasteiger partial charge in [-0.2, -0.15) is 5.10 Å². The highest BCUT2D eigenvalue weighted by atomic mass is 16.5. The van der Waals surface area contributed by atoms with E-state index < -0.39 is 0 Å². The van der Waals surface area contributed by atoms with E-state index in [-0.39, 0.29) is 12.0 Å². The van der Waals surface area contributed by atoms with E-state index in [1.807, 2.05) is 103 Å². The van der Waals surface area contributed by atoms with Crippen molar-refractivity contribution in [2.75, 3.05) is 23.9 Å². The van der Waals surface area contributed by atoms with Gasteiger partial charge in [0, 0.05) is 5.56 Å². The second kappa shape index (κ2) is 11.2. The van der Waals surface area contributed by atoms with Gasteiger partial charge >= 0.3 is 5.97 Å². The molecule has 0 fully saturated rings. The number of aryl methyl sites for hydroxylation is 1. The van der Waals surface area contributed by atoms with Crippen LogP contribution >= 0.6 is 0 Å². The molecule has 9 heteroatoms. The number of carbonyl (C=O) groups is 1. The van der Waals surface area contributed by atoms with Crippen molar-refractivity contribution in [1.29, 1.82) is 0 Å². The number of rotatable bonds is 6. The van der Waals surface area contributed by atoms with Crippen molar-refractivity contribution in [3.05, 3.63) is 126 Å². The predicted octanol–water partition coefficient (Wildman–Crippen LogP) is 7.16. The lowest BCUT2D eigenvalue weighted by Crippen LogP contribution is -2.46. The van der Waals surface area contributed by atoms with Gasteiger partial charge in [0.25, 0.3) is 0 Å². The molecule has 218 valence electrons. The Morgan fingerprint density at radius 2 is 1.61 bits per heavy atom. The summed E-state index contributed by atoms with van der Waals surface area (Å²) in [7, 11) is 1.38. The molecular formula is C35H30N6O3. The molecular weight excluding hydrogens is 552 g/mol. The van der Waals surface area contributed by atoms with Gasteiger partial charge in [0.2, 0.25) is 0 Å². The van der Waals surface area contributed by atoms with E-state index >= 15 is 0 Å². The first-order valence-electron chi connectivity index (χ1n) is 14.5. The quantitative estimate of drug-likeness (QED) is 0.214. The summed E-state index contributed by atoms with van der Waals surface area (Å²) in [6, 6.07) is 33.0. The molecule has 9 nitrogen and oxygen atoms in total. The van der Waals surface area contributed by atoms with E-state index in [2.05, 4.69) is 16.3 Å². The number of carbonyl (C=O) groups excluding carboxylic acids is 1. The summed E-state index contributed by atoms with van der Waals surface area (Å²) in [5.41, 5.74) is 6.66. The maximum atomic E-state index is 12.3. The number of para-hydroxylation sites is 5. The van der Waals surface area contributed by atoms with Crippen LogP contribution in [0, 0.1) is 6.92 Å². The average molecular weight is 583 g/mol. The molecule has 7 rings (SSSR count). The summed E-state index contributed by atoms with van der Waals surface area (Å²) in [5, 5.41) is 8.52. The fraction of sp³-hybridized carbons (Fsp3) is 0.143. The number of hydrogen-bond donors (Lipinski definition) is 1. The summed E-state index contributed by atoms with van der Waals surface area (Å²) < 4.78 is 12.8. The highest BCUT2D eigenvalue weighted by Crippen LogP contribution is 2.48. The zero-order chi connectivity index (χ0) is 30.2. The highest BCUT2D eigenvalue weighted by molar-refractivity contribution is 6.51. The Morgan fingerprint density at radius 1 is 0.886 bits per heavy atom. The second-order valence-corrected chi connectivity index (χ2v) is 10.4. The number of nitrogens with zero attached hydrogens (tertiary/aromatic N) is 5. The van der Waals surface area contributed by atoms with Gasteiger partial charge in [0.15, 0.2) is 17.5 Å². The molecule has 0 radical (unpaired) electrons. The SMILES string of the molecule is CCOc1ccccc1NC1=Nc2ccccc2N2C1=Nc1c(c(C)nn1-c1ccccc1)C2c1ccc(C(=O)OC)cc1. The van der Waals surface area contributed by atoms with E-state index in [0.29, 0.717) is 29.7 Å². The van der Waals surface area contributed by atoms with Crippen LogP contribution in [0.15, 0.2) is 113 Å². The zero-order valence-electron chi connectivity index (χ0n) is 24.6. The van der Waals surface area contributed by atoms with Crippen molar-refractivity contribution < 1.29 is 14.3 Å². The molecule has 2 aliphatic rings. The number of nitrogens with one attached hydrogen (secondary N) is 1. The van der Waals surface area contributed by atoms with Crippen molar-refractivity contribution in [2.24, 2.45) is 9.98 Å². The lowest BCUT2D eigenvalue weighted by molar-refractivity contribution is 0.0600. The summed E-state index contributed by atoms with van der Waals surface area (Å²) in [4.78, 5) is 24.9. The maximum Gasteiger partial charge on any atom is 0.337 e. The Morgan fingerprint density at radius 3 is 2.39 bits per heavy atom. The fourth-order valence-corrected chi connectivity index (χ4v) is 5.76. The molecule has 1 atom stereocenters. The molecule has 5 aromatic rings. The van der Waals surface area contributed by atoms with Gasteiger partial charge in [-0.25, -0.2) is 19.5 Å². The van der Waals surface area contributed by atoms with Crippen molar-refractivity contribution in [2.45, 2.75) is 19.9 Å². The molecule has 0 saturated carbocycles. The topological polar surface area (TPSA) is 93.3 Å². The number of amidine groups is 2. The molecule has 4 aromatic carbocycles. The van der Waals surface area contributed by atoms with Crippen LogP contribution in [0.2, 0.25) is 0 Å². The van der Waals surface area contributed by atoms with Crippen molar-refractivity contribution >= 4 is 40.5 Å². The molecule has 1 N–H and O–H groups in total. The van der Waals surface area contributed by atoms with Gasteiger partial charge < -0.3 is 19.7 Å². The third-order valence-electron chi connectivity index (χ3n) is 7.73. The molecule has 3 heterocycles. The lowest BCUT2D eigenvalue weighted by atomic mass is 9.92. The number of aromatic nitrogens is 2. The highest BCUT2D eigenvalue weighted by Gasteiger charge is 2.41. The second-order valence-electron chi connectivity index (χ2n) is 10.4. The van der Waals surface area contributed by atoms with Gasteiger partial charge in [-0.15, -0.1) is 0 Å². The van der Waals surface area contributed by atoms with Crippen LogP contribution in [0.1, 0.15) is 40.1 Å². The molecule has 44 heavy (non-hydrogen) atoms. The first kappa shape index (κ1) is 27.2. The minimum atomic E-state index is -0.383. The summed E-state index contributed by atoms with van der Waals surface area (Å²) in [5.74, 6) is 2.28. The Bertz CT molecular complexity index is 1930. The number of fused-ring (bicyclic) bond motifs is 4. The van der Waals surface area contributed by atoms with Crippen LogP contribution in [0.5, 0.6) is 5.75 Å². The predicted molar refractivity (Wildman–Crippen MR) is 172 cm³/mol. The van der Waals surface area contributed by atoms with Gasteiger partial charge in [0.1, 0.15) is 5.75 Å². The van der Waals surface area contributed by atoms with Crippen LogP contribution in [0.25, 0.3) is 5.69 Å². The molecule has 1 unspecified atom stereocenters. The van der Waals surface area contributed by atoms with Crippen LogP contribution in [-0.4, -0.2) is 41.1 Å². The number of anilines is 2. The van der Waals surface area contributed by atoms with Crippen molar-refractivity contribution in [3.63, 3.8) is 0 Å². The summed E-state index contributed by atoms with van der Waals surface area (Å²) >= 11 is 0. The first-order chi connectivity index (χ1) is 21.6. The number of methoxy groups -OCH3 is 1. The Labute approximate surface area is 255 Å². The Kier molecular flexibility index (Phi) is 6.90. The van der Waals surface area contributed by atoms with Crippen LogP contribution < -0.4 is 15.0 Å². The first-order valence-corrected chi connectivity index (χ1v) is 14.5. The number of ether oxygens (including phenoxy) is 2. The van der Waals surface area contributed by atoms with E-state index in [0.717, 1.165) is 45.3 Å². The van der Waals surface area contributed by atoms with E-state index in [4.69, 9.17) is 24.6 Å². The van der Waals surface area contributed by atoms with Gasteiger partial charge in [-0.3, -0.25) is 0 Å². The van der Waals surface area contributed by atoms with Gasteiger partial charge in [-0.1, -0.05) is 54.6 Å². The number of esters is 1. The largest absolute Gasteiger partial charge is 0.492 e. The third kappa shape index (κ3) is 4.59. The number of aliphatic imine (C=N–C) groups is 2. The molecule has 0 bridgehead atoms. The average Bonchev–Trinajstić information content (AvgIpc) is 3.40. The fourth-order valence-electron chi connectivity index (χ4n) is 5.76. The molecule has 2 aliphatic heterocycles. The monoisotopic (exact) mass is 582 g/mol. The summed E-state index contributed by atoms with van der Waals surface area (Å²) in [6.07, 6.45) is 0. The number of benzene rings is 4. The summed E-state index contributed by atoms with van der Waals surface area (Å²) in [6.45, 7) is 4.50. The van der Waals surface area contributed by atoms with Crippen molar-refractivity contribution in [3.8, 4) is 11.4 Å². The maximum absolute atomic E-state index is 12.3. The molecule has 0 spiro atoms. The zero-order valence-corrected chi connectivity index (χ0v) is 24.6. The standard InChI is InChI=1S/C35H30N6O3/c1-4-44-29-17-11-9-15-27(29)37-32-34-38-33-30(22(2)39-41(33)25-12-6-5-7-13-25)31(23-18-20-24(21-19-23)35(42)43-3)40(34)28-16-10-8-14-26(28)36-32/h5-21,31H,4H2,1-3H3,(H,36,37). The van der Waals surface area contributed by atoms with Gasteiger partial charge in [-0.05, 0) is 67.9 Å². The smallest absolute Gasteiger partial charge is 0.337 e. The lowest BCUT2D eigenvalue weighted by Gasteiger charge is -2.40. The third-order valence-corrected chi connectivity index (χ3v) is 7.73.